The van der Waals surface area contributed by atoms with Crippen molar-refractivity contribution in [2.45, 2.75) is 19.4 Å². The van der Waals surface area contributed by atoms with Crippen LogP contribution in [0.4, 0.5) is 0 Å². The summed E-state index contributed by atoms with van der Waals surface area (Å²) in [4.78, 5) is 4.36. The fourth-order valence-electron chi connectivity index (χ4n) is 1.57. The average molecular weight is 237 g/mol. The van der Waals surface area contributed by atoms with Crippen molar-refractivity contribution in [3.05, 3.63) is 30.1 Å². The summed E-state index contributed by atoms with van der Waals surface area (Å²) < 4.78 is 10.3. The maximum atomic E-state index is 4.36. The van der Waals surface area contributed by atoms with E-state index >= 15 is 0 Å². The molecule has 0 radical (unpaired) electrons. The Balaban J connectivity index is 2.25. The van der Waals surface area contributed by atoms with Gasteiger partial charge in [-0.1, -0.05) is 6.92 Å². The average Bonchev–Trinajstić information content (AvgIpc) is 2.91. The Morgan fingerprint density at radius 1 is 1.56 bits per heavy atom. The smallest absolute Gasteiger partial charge is 0.131 e. The third-order valence-electron chi connectivity index (χ3n) is 2.39. The highest BCUT2D eigenvalue weighted by Crippen LogP contribution is 2.18. The Kier molecular flexibility index (Phi) is 3.63. The first kappa shape index (κ1) is 11.2. The van der Waals surface area contributed by atoms with Gasteiger partial charge in [-0.2, -0.15) is 8.75 Å². The summed E-state index contributed by atoms with van der Waals surface area (Å²) in [5.41, 5.74) is 0.938. The van der Waals surface area contributed by atoms with Gasteiger partial charge in [0.1, 0.15) is 11.9 Å². The highest BCUT2D eigenvalue weighted by molar-refractivity contribution is 6.99. The van der Waals surface area contributed by atoms with Gasteiger partial charge < -0.3 is 9.88 Å². The van der Waals surface area contributed by atoms with Crippen molar-refractivity contribution in [2.24, 2.45) is 7.05 Å². The van der Waals surface area contributed by atoms with Crippen LogP contribution >= 0.6 is 11.7 Å². The van der Waals surface area contributed by atoms with E-state index in [0.717, 1.165) is 24.5 Å². The topological polar surface area (TPSA) is 55.6 Å². The Morgan fingerprint density at radius 2 is 2.44 bits per heavy atom. The zero-order chi connectivity index (χ0) is 11.4. The molecule has 2 heterocycles. The molecule has 1 atom stereocenters. The van der Waals surface area contributed by atoms with Gasteiger partial charge in [0.25, 0.3) is 0 Å². The van der Waals surface area contributed by atoms with E-state index in [-0.39, 0.29) is 6.04 Å². The maximum Gasteiger partial charge on any atom is 0.131 e. The van der Waals surface area contributed by atoms with Crippen molar-refractivity contribution < 1.29 is 0 Å². The first-order valence-electron chi connectivity index (χ1n) is 5.31. The van der Waals surface area contributed by atoms with Crippen LogP contribution in [-0.2, 0) is 7.05 Å². The number of hydrogen-bond donors (Lipinski definition) is 1. The van der Waals surface area contributed by atoms with Crippen molar-refractivity contribution in [3.63, 3.8) is 0 Å². The molecule has 16 heavy (non-hydrogen) atoms. The normalized spacial score (nSPS) is 12.9. The van der Waals surface area contributed by atoms with Gasteiger partial charge in [-0.3, -0.25) is 0 Å². The molecule has 0 amide bonds. The summed E-state index contributed by atoms with van der Waals surface area (Å²) in [6, 6.07) is 0.0405. The van der Waals surface area contributed by atoms with Crippen LogP contribution in [0, 0.1) is 0 Å². The van der Waals surface area contributed by atoms with Gasteiger partial charge >= 0.3 is 0 Å². The predicted molar refractivity (Wildman–Crippen MR) is 63.3 cm³/mol. The summed E-state index contributed by atoms with van der Waals surface area (Å²) in [5.74, 6) is 0.973. The van der Waals surface area contributed by atoms with E-state index in [1.165, 1.54) is 11.7 Å². The Bertz CT molecular complexity index is 422. The second-order valence-electron chi connectivity index (χ2n) is 3.62. The minimum absolute atomic E-state index is 0.0405. The Labute approximate surface area is 98.9 Å². The molecular weight excluding hydrogens is 222 g/mol. The van der Waals surface area contributed by atoms with E-state index in [2.05, 4.69) is 26.0 Å². The van der Waals surface area contributed by atoms with Crippen LogP contribution in [0.25, 0.3) is 0 Å². The molecule has 0 saturated heterocycles. The van der Waals surface area contributed by atoms with E-state index < -0.39 is 0 Å². The molecule has 2 aromatic rings. The lowest BCUT2D eigenvalue weighted by Crippen LogP contribution is -2.26. The molecule has 0 aliphatic heterocycles. The molecule has 0 aromatic carbocycles. The lowest BCUT2D eigenvalue weighted by molar-refractivity contribution is 0.548. The first-order chi connectivity index (χ1) is 7.83. The molecule has 0 bridgehead atoms. The number of aryl methyl sites for hydroxylation is 1. The number of hydrogen-bond acceptors (Lipinski definition) is 5. The molecule has 6 heteroatoms. The summed E-state index contributed by atoms with van der Waals surface area (Å²) in [5, 5.41) is 3.44. The molecule has 86 valence electrons. The van der Waals surface area contributed by atoms with Gasteiger partial charge in [-0.25, -0.2) is 4.98 Å². The minimum atomic E-state index is 0.0405. The van der Waals surface area contributed by atoms with Crippen molar-refractivity contribution in [2.75, 3.05) is 6.54 Å². The van der Waals surface area contributed by atoms with Crippen LogP contribution in [0.2, 0.25) is 0 Å². The van der Waals surface area contributed by atoms with Crippen LogP contribution in [0.15, 0.2) is 18.6 Å². The largest absolute Gasteiger partial charge is 0.336 e. The van der Waals surface area contributed by atoms with Crippen LogP contribution in [0.1, 0.15) is 30.9 Å². The highest BCUT2D eigenvalue weighted by atomic mass is 32.1. The monoisotopic (exact) mass is 237 g/mol. The lowest BCUT2D eigenvalue weighted by atomic mass is 10.2. The quantitative estimate of drug-likeness (QED) is 0.853. The summed E-state index contributed by atoms with van der Waals surface area (Å²) >= 11 is 1.23. The van der Waals surface area contributed by atoms with Gasteiger partial charge in [0.2, 0.25) is 0 Å². The molecule has 2 rings (SSSR count). The summed E-state index contributed by atoms with van der Waals surface area (Å²) in [6.45, 7) is 3.08. The molecule has 1 unspecified atom stereocenters. The predicted octanol–water partition coefficient (Wildman–Crippen LogP) is 1.36. The molecule has 1 N–H and O–H groups in total. The van der Waals surface area contributed by atoms with Gasteiger partial charge in [0.05, 0.1) is 23.6 Å². The molecule has 0 spiro atoms. The molecule has 0 saturated carbocycles. The lowest BCUT2D eigenvalue weighted by Gasteiger charge is -2.15. The van der Waals surface area contributed by atoms with Gasteiger partial charge in [-0.05, 0) is 13.0 Å². The number of aromatic nitrogens is 4. The highest BCUT2D eigenvalue weighted by Gasteiger charge is 2.19. The van der Waals surface area contributed by atoms with Crippen LogP contribution < -0.4 is 5.32 Å². The first-order valence-corrected chi connectivity index (χ1v) is 6.04. The molecule has 0 fully saturated rings. The molecule has 2 aromatic heterocycles. The van der Waals surface area contributed by atoms with Gasteiger partial charge in [0.15, 0.2) is 0 Å². The fraction of sp³-hybridized carbons (Fsp3) is 0.500. The second-order valence-corrected chi connectivity index (χ2v) is 4.17. The number of nitrogens with one attached hydrogen (secondary N) is 1. The molecule has 0 aliphatic carbocycles. The SMILES string of the molecule is CCCNC(c1cnsn1)c1nccn1C. The number of nitrogens with zero attached hydrogens (tertiary/aromatic N) is 4. The van der Waals surface area contributed by atoms with E-state index in [0.29, 0.717) is 0 Å². The van der Waals surface area contributed by atoms with Gasteiger partial charge in [0, 0.05) is 19.4 Å². The zero-order valence-corrected chi connectivity index (χ0v) is 10.2. The van der Waals surface area contributed by atoms with Crippen molar-refractivity contribution >= 4 is 11.7 Å². The molecule has 5 nitrogen and oxygen atoms in total. The van der Waals surface area contributed by atoms with Crippen LogP contribution in [0.3, 0.4) is 0 Å². The standard InChI is InChI=1S/C10H15N5S/c1-3-4-11-9(8-7-13-16-14-8)10-12-5-6-15(10)2/h5-7,9,11H,3-4H2,1-2H3. The van der Waals surface area contributed by atoms with Crippen LogP contribution in [-0.4, -0.2) is 24.8 Å². The summed E-state index contributed by atoms with van der Waals surface area (Å²) in [7, 11) is 1.99. The van der Waals surface area contributed by atoms with E-state index in [9.17, 15) is 0 Å². The van der Waals surface area contributed by atoms with Crippen molar-refractivity contribution in [1.29, 1.82) is 0 Å². The molecule has 0 aliphatic rings. The number of imidazole rings is 1. The third-order valence-corrected chi connectivity index (χ3v) is 2.88. The molecular formula is C10H15N5S. The zero-order valence-electron chi connectivity index (χ0n) is 9.42. The van der Waals surface area contributed by atoms with Crippen molar-refractivity contribution in [3.8, 4) is 0 Å². The van der Waals surface area contributed by atoms with Crippen LogP contribution in [0.5, 0.6) is 0 Å². The summed E-state index contributed by atoms with van der Waals surface area (Å²) in [6.07, 6.45) is 6.62. The number of rotatable bonds is 5. The van der Waals surface area contributed by atoms with Gasteiger partial charge in [-0.15, -0.1) is 0 Å². The Morgan fingerprint density at radius 3 is 3.00 bits per heavy atom. The Hall–Kier alpha value is -1.27. The fourth-order valence-corrected chi connectivity index (χ4v) is 2.02. The van der Waals surface area contributed by atoms with E-state index in [4.69, 9.17) is 0 Å². The maximum absolute atomic E-state index is 4.36. The second kappa shape index (κ2) is 5.18. The van der Waals surface area contributed by atoms with Crippen molar-refractivity contribution in [1.82, 2.24) is 23.6 Å². The van der Waals surface area contributed by atoms with E-state index in [1.54, 1.807) is 12.4 Å². The third kappa shape index (κ3) is 2.28. The minimum Gasteiger partial charge on any atom is -0.336 e. The van der Waals surface area contributed by atoms with E-state index in [1.807, 2.05) is 17.8 Å².